The van der Waals surface area contributed by atoms with Gasteiger partial charge in [0.25, 0.3) is 0 Å². The fraction of sp³-hybridized carbons (Fsp3) is 0.478. The number of nitrogens with one attached hydrogen (secondary N) is 1. The summed E-state index contributed by atoms with van der Waals surface area (Å²) in [5.74, 6) is -0.433. The van der Waals surface area contributed by atoms with E-state index >= 15 is 0 Å². The van der Waals surface area contributed by atoms with Gasteiger partial charge in [0.2, 0.25) is 5.91 Å². The Bertz CT molecular complexity index is 790. The Balaban J connectivity index is 1.77. The van der Waals surface area contributed by atoms with E-state index in [9.17, 15) is 14.7 Å². The number of thiophene rings is 1. The van der Waals surface area contributed by atoms with Crippen LogP contribution in [0.2, 0.25) is 0 Å². The van der Waals surface area contributed by atoms with E-state index in [1.807, 2.05) is 17.5 Å². The zero-order valence-corrected chi connectivity index (χ0v) is 17.4. The average Bonchev–Trinajstić information content (AvgIpc) is 3.32. The minimum atomic E-state index is -0.898. The fourth-order valence-corrected chi connectivity index (χ4v) is 4.93. The Morgan fingerprint density at radius 3 is 2.36 bits per heavy atom. The Morgan fingerprint density at radius 2 is 1.82 bits per heavy atom. The molecule has 0 aliphatic heterocycles. The summed E-state index contributed by atoms with van der Waals surface area (Å²) in [7, 11) is 0. The van der Waals surface area contributed by atoms with E-state index in [0.29, 0.717) is 18.8 Å². The van der Waals surface area contributed by atoms with E-state index < -0.39 is 11.4 Å². The monoisotopic (exact) mass is 399 g/mol. The highest BCUT2D eigenvalue weighted by atomic mass is 32.1. The van der Waals surface area contributed by atoms with Crippen molar-refractivity contribution in [3.63, 3.8) is 0 Å². The number of aliphatic carboxylic acids is 1. The lowest BCUT2D eigenvalue weighted by molar-refractivity contribution is -0.151. The highest BCUT2D eigenvalue weighted by molar-refractivity contribution is 7.10. The van der Waals surface area contributed by atoms with Gasteiger partial charge in [-0.2, -0.15) is 0 Å². The maximum atomic E-state index is 12.8. The molecule has 0 radical (unpaired) electrons. The molecule has 0 saturated heterocycles. The van der Waals surface area contributed by atoms with E-state index in [4.69, 9.17) is 0 Å². The van der Waals surface area contributed by atoms with Crippen LogP contribution >= 0.6 is 11.3 Å². The molecule has 5 heteroatoms. The molecule has 2 N–H and O–H groups in total. The topological polar surface area (TPSA) is 66.4 Å². The predicted octanol–water partition coefficient (Wildman–Crippen LogP) is 5.19. The number of carbonyl (C=O) groups is 2. The van der Waals surface area contributed by atoms with Crippen LogP contribution in [0.5, 0.6) is 0 Å². The van der Waals surface area contributed by atoms with Gasteiger partial charge in [-0.15, -0.1) is 11.3 Å². The predicted molar refractivity (Wildman–Crippen MR) is 112 cm³/mol. The first-order chi connectivity index (χ1) is 13.4. The lowest BCUT2D eigenvalue weighted by atomic mass is 9.82. The van der Waals surface area contributed by atoms with Crippen LogP contribution in [0.25, 0.3) is 0 Å². The summed E-state index contributed by atoms with van der Waals surface area (Å²) in [6, 6.07) is 12.1. The molecule has 1 atom stereocenters. The first-order valence-electron chi connectivity index (χ1n) is 10.0. The third-order valence-corrected chi connectivity index (χ3v) is 6.54. The Labute approximate surface area is 171 Å². The minimum absolute atomic E-state index is 0.0512. The number of hydrogen-bond donors (Lipinski definition) is 2. The molecule has 0 unspecified atom stereocenters. The van der Waals surface area contributed by atoms with E-state index in [2.05, 4.69) is 43.4 Å². The molecule has 1 aromatic heterocycles. The van der Waals surface area contributed by atoms with E-state index in [0.717, 1.165) is 29.7 Å². The van der Waals surface area contributed by atoms with Gasteiger partial charge in [0.05, 0.1) is 11.5 Å². The van der Waals surface area contributed by atoms with Gasteiger partial charge >= 0.3 is 5.97 Å². The molecule has 3 rings (SSSR count). The summed E-state index contributed by atoms with van der Waals surface area (Å²) in [6.07, 6.45) is 4.01. The minimum Gasteiger partial charge on any atom is -0.481 e. The molecule has 0 spiro atoms. The standard InChI is InChI=1S/C23H29NO3S/c1-16(2)14-17-7-9-18(10-8-17)21(19-6-5-13-28-19)24-20(25)15-23(22(26)27)11-3-4-12-23/h5-10,13,16,21H,3-4,11-12,14-15H2,1-2H3,(H,24,25)(H,26,27)/t21-/m1/s1. The van der Waals surface area contributed by atoms with E-state index in [-0.39, 0.29) is 18.4 Å². The smallest absolute Gasteiger partial charge is 0.310 e. The van der Waals surface area contributed by atoms with Gasteiger partial charge < -0.3 is 10.4 Å². The van der Waals surface area contributed by atoms with Crippen molar-refractivity contribution in [3.8, 4) is 0 Å². The molecule has 150 valence electrons. The Morgan fingerprint density at radius 1 is 1.14 bits per heavy atom. The van der Waals surface area contributed by atoms with Crippen LogP contribution < -0.4 is 5.32 Å². The summed E-state index contributed by atoms with van der Waals surface area (Å²) in [5.41, 5.74) is 1.41. The molecule has 1 amide bonds. The van der Waals surface area contributed by atoms with Crippen molar-refractivity contribution in [3.05, 3.63) is 57.8 Å². The maximum absolute atomic E-state index is 12.8. The van der Waals surface area contributed by atoms with Crippen molar-refractivity contribution in [1.29, 1.82) is 0 Å². The van der Waals surface area contributed by atoms with Gasteiger partial charge in [0.15, 0.2) is 0 Å². The van der Waals surface area contributed by atoms with Crippen LogP contribution in [0.3, 0.4) is 0 Å². The summed E-state index contributed by atoms with van der Waals surface area (Å²) in [4.78, 5) is 25.7. The Kier molecular flexibility index (Phi) is 6.55. The second-order valence-electron chi connectivity index (χ2n) is 8.32. The number of carboxylic acid groups (broad SMARTS) is 1. The molecule has 28 heavy (non-hydrogen) atoms. The molecule has 1 fully saturated rings. The molecule has 1 aromatic carbocycles. The number of carbonyl (C=O) groups excluding carboxylic acids is 1. The van der Waals surface area contributed by atoms with E-state index in [1.54, 1.807) is 11.3 Å². The normalized spacial score (nSPS) is 16.8. The van der Waals surface area contributed by atoms with Crippen LogP contribution in [0.4, 0.5) is 0 Å². The van der Waals surface area contributed by atoms with Crippen LogP contribution in [-0.4, -0.2) is 17.0 Å². The summed E-state index contributed by atoms with van der Waals surface area (Å²) in [6.45, 7) is 4.40. The van der Waals surface area contributed by atoms with Crippen molar-refractivity contribution in [2.24, 2.45) is 11.3 Å². The van der Waals surface area contributed by atoms with Crippen LogP contribution in [0.1, 0.15) is 68.0 Å². The zero-order chi connectivity index (χ0) is 20.1. The van der Waals surface area contributed by atoms with Crippen molar-refractivity contribution in [1.82, 2.24) is 5.32 Å². The van der Waals surface area contributed by atoms with Gasteiger partial charge in [-0.3, -0.25) is 9.59 Å². The maximum Gasteiger partial charge on any atom is 0.310 e. The van der Waals surface area contributed by atoms with Crippen molar-refractivity contribution in [2.75, 3.05) is 0 Å². The molecule has 1 saturated carbocycles. The number of carboxylic acids is 1. The molecule has 2 aromatic rings. The summed E-state index contributed by atoms with van der Waals surface area (Å²) < 4.78 is 0. The Hall–Kier alpha value is -2.14. The number of hydrogen-bond acceptors (Lipinski definition) is 3. The van der Waals surface area contributed by atoms with Gasteiger partial charge in [0, 0.05) is 11.3 Å². The lowest BCUT2D eigenvalue weighted by Gasteiger charge is -2.25. The molecular formula is C23H29NO3S. The fourth-order valence-electron chi connectivity index (χ4n) is 4.13. The quantitative estimate of drug-likeness (QED) is 0.642. The SMILES string of the molecule is CC(C)Cc1ccc([C@@H](NC(=O)CC2(C(=O)O)CCCC2)c2cccs2)cc1. The average molecular weight is 400 g/mol. The number of benzene rings is 1. The van der Waals surface area contributed by atoms with Crippen molar-refractivity contribution < 1.29 is 14.7 Å². The zero-order valence-electron chi connectivity index (χ0n) is 16.6. The first kappa shape index (κ1) is 20.6. The van der Waals surface area contributed by atoms with Crippen LogP contribution in [0, 0.1) is 11.3 Å². The highest BCUT2D eigenvalue weighted by Gasteiger charge is 2.43. The van der Waals surface area contributed by atoms with Crippen molar-refractivity contribution >= 4 is 23.2 Å². The van der Waals surface area contributed by atoms with Crippen LogP contribution in [-0.2, 0) is 16.0 Å². The highest BCUT2D eigenvalue weighted by Crippen LogP contribution is 2.41. The van der Waals surface area contributed by atoms with Gasteiger partial charge in [-0.25, -0.2) is 0 Å². The molecule has 1 heterocycles. The molecular weight excluding hydrogens is 370 g/mol. The summed E-state index contributed by atoms with van der Waals surface area (Å²) in [5, 5.41) is 14.8. The van der Waals surface area contributed by atoms with Crippen LogP contribution in [0.15, 0.2) is 41.8 Å². The molecule has 4 nitrogen and oxygen atoms in total. The first-order valence-corrected chi connectivity index (χ1v) is 10.9. The third-order valence-electron chi connectivity index (χ3n) is 5.60. The number of amides is 1. The second-order valence-corrected chi connectivity index (χ2v) is 9.30. The molecule has 1 aliphatic rings. The second kappa shape index (κ2) is 8.91. The molecule has 1 aliphatic carbocycles. The molecule has 0 bridgehead atoms. The largest absolute Gasteiger partial charge is 0.481 e. The van der Waals surface area contributed by atoms with E-state index in [1.165, 1.54) is 5.56 Å². The third kappa shape index (κ3) is 4.82. The van der Waals surface area contributed by atoms with Gasteiger partial charge in [0.1, 0.15) is 0 Å². The summed E-state index contributed by atoms with van der Waals surface area (Å²) >= 11 is 1.60. The number of rotatable bonds is 8. The van der Waals surface area contributed by atoms with Gasteiger partial charge in [-0.05, 0) is 47.8 Å². The lowest BCUT2D eigenvalue weighted by Crippen LogP contribution is -2.37. The van der Waals surface area contributed by atoms with Crippen molar-refractivity contribution in [2.45, 2.75) is 58.4 Å². The van der Waals surface area contributed by atoms with Gasteiger partial charge in [-0.1, -0.05) is 57.0 Å².